The van der Waals surface area contributed by atoms with Crippen molar-refractivity contribution >= 4 is 38.6 Å². The third-order valence-electron chi connectivity index (χ3n) is 4.96. The summed E-state index contributed by atoms with van der Waals surface area (Å²) in [5.41, 5.74) is 1.39. The van der Waals surface area contributed by atoms with Crippen LogP contribution in [0.25, 0.3) is 21.8 Å². The summed E-state index contributed by atoms with van der Waals surface area (Å²) in [7, 11) is -4.46. The van der Waals surface area contributed by atoms with E-state index in [1.165, 1.54) is 17.4 Å². The zero-order chi connectivity index (χ0) is 25.5. The van der Waals surface area contributed by atoms with Gasteiger partial charge in [0.15, 0.2) is 0 Å². The van der Waals surface area contributed by atoms with Crippen molar-refractivity contribution in [3.63, 3.8) is 0 Å². The van der Waals surface area contributed by atoms with E-state index in [9.17, 15) is 17.2 Å². The summed E-state index contributed by atoms with van der Waals surface area (Å²) in [4.78, 5) is 13.4. The number of anilines is 1. The van der Waals surface area contributed by atoms with Gasteiger partial charge in [0.25, 0.3) is 10.0 Å². The number of halogens is 3. The van der Waals surface area contributed by atoms with Gasteiger partial charge in [0, 0.05) is 17.2 Å². The van der Waals surface area contributed by atoms with Crippen LogP contribution in [-0.2, 0) is 15.4 Å². The fourth-order valence-corrected chi connectivity index (χ4v) is 5.84. The number of nitrogens with one attached hydrogen (secondary N) is 1. The van der Waals surface area contributed by atoms with Crippen LogP contribution in [0.3, 0.4) is 0 Å². The predicted molar refractivity (Wildman–Crippen MR) is 134 cm³/mol. The minimum atomic E-state index is -4.46. The molecule has 2 heterocycles. The maximum atomic E-state index is 14.2. The van der Waals surface area contributed by atoms with Gasteiger partial charge in [-0.2, -0.15) is 0 Å². The minimum Gasteiger partial charge on any atom is -0.278 e. The van der Waals surface area contributed by atoms with Gasteiger partial charge in [-0.25, -0.2) is 32.2 Å². The zero-order valence-electron chi connectivity index (χ0n) is 19.2. The van der Waals surface area contributed by atoms with Gasteiger partial charge in [0.1, 0.15) is 22.4 Å². The molecule has 2 aromatic heterocycles. The van der Waals surface area contributed by atoms with Crippen molar-refractivity contribution in [1.29, 1.82) is 0 Å². The summed E-state index contributed by atoms with van der Waals surface area (Å²) < 4.78 is 55.7. The second-order valence-electron chi connectivity index (χ2n) is 8.78. The minimum absolute atomic E-state index is 0.00274. The average molecular weight is 535 g/mol. The van der Waals surface area contributed by atoms with E-state index < -0.39 is 26.6 Å². The summed E-state index contributed by atoms with van der Waals surface area (Å²) in [5.74, 6) is -1.38. The molecular weight excluding hydrogens is 514 g/mol. The van der Waals surface area contributed by atoms with E-state index in [0.717, 1.165) is 22.0 Å². The summed E-state index contributed by atoms with van der Waals surface area (Å²) in [6.45, 7) is 7.88. The Bertz CT molecular complexity index is 1530. The van der Waals surface area contributed by atoms with Crippen molar-refractivity contribution in [3.8, 4) is 21.8 Å². The number of aryl methyl sites for hydroxylation is 1. The second kappa shape index (κ2) is 9.25. The number of benzene rings is 2. The summed E-state index contributed by atoms with van der Waals surface area (Å²) in [6.07, 6.45) is 1.65. The first-order chi connectivity index (χ1) is 16.4. The smallest absolute Gasteiger partial charge is 0.264 e. The van der Waals surface area contributed by atoms with Gasteiger partial charge < -0.3 is 0 Å². The predicted octanol–water partition coefficient (Wildman–Crippen LogP) is 6.61. The number of hydrogen-bond donors (Lipinski definition) is 1. The van der Waals surface area contributed by atoms with Crippen LogP contribution in [0.4, 0.5) is 14.5 Å². The molecule has 0 aliphatic rings. The molecule has 0 saturated carbocycles. The molecule has 0 aliphatic heterocycles. The maximum Gasteiger partial charge on any atom is 0.264 e. The largest absolute Gasteiger partial charge is 0.278 e. The van der Waals surface area contributed by atoms with Gasteiger partial charge in [0.2, 0.25) is 0 Å². The van der Waals surface area contributed by atoms with E-state index in [1.807, 2.05) is 20.8 Å². The monoisotopic (exact) mass is 534 g/mol. The first-order valence-electron chi connectivity index (χ1n) is 10.4. The molecule has 1 N–H and O–H groups in total. The molecule has 2 aromatic carbocycles. The van der Waals surface area contributed by atoms with Gasteiger partial charge in [-0.05, 0) is 37.3 Å². The molecule has 0 atom stereocenters. The fourth-order valence-electron chi connectivity index (χ4n) is 3.26. The summed E-state index contributed by atoms with van der Waals surface area (Å²) >= 11 is 8.12. The van der Waals surface area contributed by atoms with Crippen LogP contribution in [0.1, 0.15) is 31.6 Å². The highest BCUT2D eigenvalue weighted by molar-refractivity contribution is 7.92. The molecule has 0 fully saturated rings. The normalized spacial score (nSPS) is 12.1. The lowest BCUT2D eigenvalue weighted by Crippen LogP contribution is -2.15. The Morgan fingerprint density at radius 3 is 2.49 bits per heavy atom. The van der Waals surface area contributed by atoms with Crippen molar-refractivity contribution in [3.05, 3.63) is 76.2 Å². The van der Waals surface area contributed by atoms with Gasteiger partial charge in [0.05, 0.1) is 32.0 Å². The highest BCUT2D eigenvalue weighted by Crippen LogP contribution is 2.44. The van der Waals surface area contributed by atoms with Gasteiger partial charge in [-0.1, -0.05) is 44.5 Å². The lowest BCUT2D eigenvalue weighted by atomic mass is 9.98. The van der Waals surface area contributed by atoms with Crippen molar-refractivity contribution in [1.82, 2.24) is 15.0 Å². The number of aromatic nitrogens is 3. The molecule has 0 spiro atoms. The molecule has 182 valence electrons. The lowest BCUT2D eigenvalue weighted by molar-refractivity contribution is 0.555. The molecular formula is C24H21ClF2N4O2S2. The topological polar surface area (TPSA) is 84.8 Å². The standard InChI is InChI=1S/C24H21ClF2N4O2S2/c1-13-28-11-10-18(29-13)22-21(30-23(34-22)24(2,3)4)15-6-5-7-17(20(15)25)31-35(32,33)19-12-14(26)8-9-16(19)27/h5-12,31H,1-4H3. The molecule has 0 aliphatic carbocycles. The maximum absolute atomic E-state index is 14.2. The van der Waals surface area contributed by atoms with Crippen molar-refractivity contribution in [2.24, 2.45) is 0 Å². The Balaban J connectivity index is 1.84. The molecule has 0 unspecified atom stereocenters. The number of hydrogen-bond acceptors (Lipinski definition) is 6. The molecule has 0 radical (unpaired) electrons. The molecule has 0 saturated heterocycles. The van der Waals surface area contributed by atoms with E-state index in [4.69, 9.17) is 16.6 Å². The van der Waals surface area contributed by atoms with Gasteiger partial charge in [-0.3, -0.25) is 4.72 Å². The second-order valence-corrected chi connectivity index (χ2v) is 11.8. The van der Waals surface area contributed by atoms with Crippen molar-refractivity contribution < 1.29 is 17.2 Å². The quantitative estimate of drug-likeness (QED) is 0.311. The summed E-state index contributed by atoms with van der Waals surface area (Å²) in [5, 5.41) is 0.897. The third-order valence-corrected chi connectivity index (χ3v) is 8.25. The molecule has 11 heteroatoms. The number of rotatable bonds is 5. The molecule has 0 amide bonds. The van der Waals surface area contributed by atoms with Crippen LogP contribution in [-0.4, -0.2) is 23.4 Å². The lowest BCUT2D eigenvalue weighted by Gasteiger charge is -2.14. The van der Waals surface area contributed by atoms with E-state index in [2.05, 4.69) is 14.7 Å². The molecule has 6 nitrogen and oxygen atoms in total. The highest BCUT2D eigenvalue weighted by Gasteiger charge is 2.27. The number of sulfonamides is 1. The number of thiazole rings is 1. The van der Waals surface area contributed by atoms with Crippen LogP contribution in [0.5, 0.6) is 0 Å². The van der Waals surface area contributed by atoms with Crippen LogP contribution in [0.15, 0.2) is 53.6 Å². The Kier molecular flexibility index (Phi) is 6.65. The Hall–Kier alpha value is -2.95. The third kappa shape index (κ3) is 5.19. The first kappa shape index (κ1) is 25.2. The van der Waals surface area contributed by atoms with E-state index in [1.54, 1.807) is 31.3 Å². The van der Waals surface area contributed by atoms with Crippen molar-refractivity contribution in [2.45, 2.75) is 38.0 Å². The molecule has 4 aromatic rings. The van der Waals surface area contributed by atoms with E-state index in [-0.39, 0.29) is 16.1 Å². The molecule has 0 bridgehead atoms. The average Bonchev–Trinajstić information content (AvgIpc) is 3.22. The van der Waals surface area contributed by atoms with Gasteiger partial charge >= 0.3 is 0 Å². The van der Waals surface area contributed by atoms with Crippen LogP contribution >= 0.6 is 22.9 Å². The van der Waals surface area contributed by atoms with E-state index >= 15 is 0 Å². The van der Waals surface area contributed by atoms with E-state index in [0.29, 0.717) is 28.8 Å². The Labute approximate surface area is 211 Å². The van der Waals surface area contributed by atoms with Crippen LogP contribution in [0.2, 0.25) is 5.02 Å². The zero-order valence-corrected chi connectivity index (χ0v) is 21.6. The van der Waals surface area contributed by atoms with Crippen molar-refractivity contribution in [2.75, 3.05) is 4.72 Å². The first-order valence-corrected chi connectivity index (χ1v) is 13.1. The Morgan fingerprint density at radius 2 is 1.80 bits per heavy atom. The SMILES string of the molecule is Cc1nccc(-c2sc(C(C)(C)C)nc2-c2cccc(NS(=O)(=O)c3cc(F)ccc3F)c2Cl)n1. The molecule has 35 heavy (non-hydrogen) atoms. The van der Waals surface area contributed by atoms with Crippen LogP contribution in [0, 0.1) is 18.6 Å². The molecule has 4 rings (SSSR count). The number of nitrogens with zero attached hydrogens (tertiary/aromatic N) is 3. The Morgan fingerprint density at radius 1 is 1.06 bits per heavy atom. The van der Waals surface area contributed by atoms with Gasteiger partial charge in [-0.15, -0.1) is 11.3 Å². The van der Waals surface area contributed by atoms with Crippen LogP contribution < -0.4 is 4.72 Å². The summed E-state index contributed by atoms with van der Waals surface area (Å²) in [6, 6.07) is 8.72. The fraction of sp³-hybridized carbons (Fsp3) is 0.208. The highest BCUT2D eigenvalue weighted by atomic mass is 35.5.